The minimum absolute atomic E-state index is 0.921. The summed E-state index contributed by atoms with van der Waals surface area (Å²) in [4.78, 5) is 0. The van der Waals surface area contributed by atoms with Crippen molar-refractivity contribution in [3.63, 3.8) is 0 Å². The van der Waals surface area contributed by atoms with Crippen LogP contribution in [-0.2, 0) is 0 Å². The topological polar surface area (TPSA) is 23.8 Å². The molecule has 0 fully saturated rings. The van der Waals surface area contributed by atoms with Gasteiger partial charge in [-0.05, 0) is 10.6 Å². The van der Waals surface area contributed by atoms with Crippen LogP contribution in [0.3, 0.4) is 0 Å². The summed E-state index contributed by atoms with van der Waals surface area (Å²) in [6.45, 7) is 0. The van der Waals surface area contributed by atoms with Crippen LogP contribution in [-0.4, -0.2) is 0 Å². The standard InChI is InChI=1S/C12H11NP/c13-14(11-7-3-1-4-8-11)12-9-5-2-6-10-12/h1-10,13H/q-1. The van der Waals surface area contributed by atoms with Crippen LogP contribution in [0.25, 0.3) is 5.50 Å². The first-order chi connectivity index (χ1) is 6.88. The van der Waals surface area contributed by atoms with E-state index in [2.05, 4.69) is 0 Å². The normalized spacial score (nSPS) is 10.4. The average Bonchev–Trinajstić information content (AvgIpc) is 2.30. The van der Waals surface area contributed by atoms with E-state index >= 15 is 0 Å². The van der Waals surface area contributed by atoms with Crippen LogP contribution in [0, 0.1) is 0 Å². The Morgan fingerprint density at radius 2 is 1.00 bits per heavy atom. The number of rotatable bonds is 2. The molecule has 1 N–H and O–H groups in total. The fraction of sp³-hybridized carbons (Fsp3) is 0. The molecule has 0 aliphatic rings. The molecule has 0 amide bonds. The fourth-order valence-corrected chi connectivity index (χ4v) is 2.54. The first-order valence-corrected chi connectivity index (χ1v) is 5.83. The molecule has 2 rings (SSSR count). The van der Waals surface area contributed by atoms with Gasteiger partial charge >= 0.3 is 0 Å². The van der Waals surface area contributed by atoms with Crippen LogP contribution in [0.2, 0.25) is 0 Å². The first-order valence-electron chi connectivity index (χ1n) is 4.49. The molecule has 2 aromatic carbocycles. The summed E-state index contributed by atoms with van der Waals surface area (Å²) in [5, 5.41) is 2.21. The van der Waals surface area contributed by atoms with E-state index in [9.17, 15) is 0 Å². The molecular weight excluding hydrogens is 189 g/mol. The van der Waals surface area contributed by atoms with Crippen LogP contribution < -0.4 is 10.6 Å². The van der Waals surface area contributed by atoms with Crippen LogP contribution in [0.4, 0.5) is 0 Å². The summed E-state index contributed by atoms with van der Waals surface area (Å²) < 4.78 is 0. The van der Waals surface area contributed by atoms with Crippen LogP contribution in [0.1, 0.15) is 0 Å². The zero-order valence-electron chi connectivity index (χ0n) is 7.72. The Balaban J connectivity index is 2.30. The van der Waals surface area contributed by atoms with Crippen LogP contribution in [0.5, 0.6) is 0 Å². The van der Waals surface area contributed by atoms with Gasteiger partial charge in [0.15, 0.2) is 0 Å². The third-order valence-electron chi connectivity index (χ3n) is 2.03. The molecule has 0 aliphatic heterocycles. The molecule has 70 valence electrons. The van der Waals surface area contributed by atoms with Crippen molar-refractivity contribution in [2.24, 2.45) is 0 Å². The second kappa shape index (κ2) is 4.36. The molecular formula is C12H11NP-. The highest BCUT2D eigenvalue weighted by Gasteiger charge is 1.98. The second-order valence-corrected chi connectivity index (χ2v) is 4.71. The van der Waals surface area contributed by atoms with Crippen molar-refractivity contribution >= 4 is 18.7 Å². The van der Waals surface area contributed by atoms with Gasteiger partial charge in [-0.3, -0.25) is 0 Å². The van der Waals surface area contributed by atoms with Crippen molar-refractivity contribution in [2.45, 2.75) is 0 Å². The molecule has 0 aromatic heterocycles. The van der Waals surface area contributed by atoms with Crippen molar-refractivity contribution in [1.29, 1.82) is 0 Å². The summed E-state index contributed by atoms with van der Waals surface area (Å²) in [6.07, 6.45) is 0. The third kappa shape index (κ3) is 2.01. The Hall–Kier alpha value is -1.17. The minimum Gasteiger partial charge on any atom is -0.644 e. The van der Waals surface area contributed by atoms with Crippen molar-refractivity contribution in [3.05, 3.63) is 66.2 Å². The molecule has 0 aliphatic carbocycles. The lowest BCUT2D eigenvalue weighted by molar-refractivity contribution is 1.75. The minimum atomic E-state index is -0.921. The predicted octanol–water partition coefficient (Wildman–Crippen LogP) is 3.09. The van der Waals surface area contributed by atoms with E-state index < -0.39 is 8.07 Å². The molecule has 1 nitrogen and oxygen atoms in total. The molecule has 2 aromatic rings. The van der Waals surface area contributed by atoms with E-state index in [1.165, 1.54) is 0 Å². The summed E-state index contributed by atoms with van der Waals surface area (Å²) in [5.74, 6) is 0. The van der Waals surface area contributed by atoms with Gasteiger partial charge in [0, 0.05) is 0 Å². The summed E-state index contributed by atoms with van der Waals surface area (Å²) in [6, 6.07) is 20.0. The largest absolute Gasteiger partial charge is 0.644 e. The lowest BCUT2D eigenvalue weighted by Gasteiger charge is -2.22. The van der Waals surface area contributed by atoms with Crippen LogP contribution in [0.15, 0.2) is 60.7 Å². The number of nitrogens with one attached hydrogen (secondary N) is 1. The highest BCUT2D eigenvalue weighted by molar-refractivity contribution is 7.74. The lowest BCUT2D eigenvalue weighted by atomic mass is 10.4. The molecule has 0 saturated heterocycles. The van der Waals surface area contributed by atoms with E-state index in [-0.39, 0.29) is 0 Å². The monoisotopic (exact) mass is 200 g/mol. The smallest absolute Gasteiger partial charge is 0.0403 e. The number of hydrogen-bond donors (Lipinski definition) is 0. The van der Waals surface area contributed by atoms with E-state index in [0.717, 1.165) is 10.6 Å². The van der Waals surface area contributed by atoms with Crippen molar-refractivity contribution < 1.29 is 0 Å². The van der Waals surface area contributed by atoms with Crippen molar-refractivity contribution in [1.82, 2.24) is 0 Å². The molecule has 0 unspecified atom stereocenters. The van der Waals surface area contributed by atoms with Gasteiger partial charge in [0.05, 0.1) is 0 Å². The molecule has 0 atom stereocenters. The van der Waals surface area contributed by atoms with E-state index in [0.29, 0.717) is 0 Å². The maximum atomic E-state index is 8.12. The van der Waals surface area contributed by atoms with Gasteiger partial charge in [0.1, 0.15) is 0 Å². The van der Waals surface area contributed by atoms with Crippen molar-refractivity contribution in [2.75, 3.05) is 0 Å². The van der Waals surface area contributed by atoms with E-state index in [1.54, 1.807) is 0 Å². The number of benzene rings is 2. The SMILES string of the molecule is [NH-]P(c1ccccc1)c1ccccc1. The molecule has 0 spiro atoms. The van der Waals surface area contributed by atoms with Crippen molar-refractivity contribution in [3.8, 4) is 0 Å². The molecule has 14 heavy (non-hydrogen) atoms. The Labute approximate surface area is 85.4 Å². The second-order valence-electron chi connectivity index (χ2n) is 3.01. The predicted molar refractivity (Wildman–Crippen MR) is 63.4 cm³/mol. The Bertz CT molecular complexity index is 346. The van der Waals surface area contributed by atoms with Gasteiger partial charge in [-0.1, -0.05) is 60.7 Å². The average molecular weight is 200 g/mol. The molecule has 0 heterocycles. The highest BCUT2D eigenvalue weighted by Crippen LogP contribution is 2.32. The fourth-order valence-electron chi connectivity index (χ4n) is 1.30. The Morgan fingerprint density at radius 1 is 0.643 bits per heavy atom. The van der Waals surface area contributed by atoms with Crippen LogP contribution >= 0.6 is 8.07 Å². The van der Waals surface area contributed by atoms with Gasteiger partial charge < -0.3 is 5.50 Å². The molecule has 2 heteroatoms. The molecule has 0 bridgehead atoms. The quantitative estimate of drug-likeness (QED) is 0.665. The zero-order chi connectivity index (χ0) is 9.80. The zero-order valence-corrected chi connectivity index (χ0v) is 8.62. The maximum Gasteiger partial charge on any atom is -0.0403 e. The van der Waals surface area contributed by atoms with E-state index in [4.69, 9.17) is 5.50 Å². The first kappa shape index (κ1) is 9.39. The Morgan fingerprint density at radius 3 is 1.36 bits per heavy atom. The van der Waals surface area contributed by atoms with E-state index in [1.807, 2.05) is 60.7 Å². The Kier molecular flexibility index (Phi) is 2.93. The summed E-state index contributed by atoms with van der Waals surface area (Å²) >= 11 is 0. The van der Waals surface area contributed by atoms with Gasteiger partial charge in [0.2, 0.25) is 0 Å². The van der Waals surface area contributed by atoms with Gasteiger partial charge in [-0.15, -0.1) is 0 Å². The van der Waals surface area contributed by atoms with Gasteiger partial charge in [0.25, 0.3) is 0 Å². The highest BCUT2D eigenvalue weighted by atomic mass is 31.1. The number of hydrogen-bond acceptors (Lipinski definition) is 0. The molecule has 0 saturated carbocycles. The third-order valence-corrected chi connectivity index (χ3v) is 3.66. The summed E-state index contributed by atoms with van der Waals surface area (Å²) in [5.41, 5.74) is 8.12. The van der Waals surface area contributed by atoms with Gasteiger partial charge in [-0.2, -0.15) is 8.07 Å². The summed E-state index contributed by atoms with van der Waals surface area (Å²) in [7, 11) is -0.921. The van der Waals surface area contributed by atoms with Gasteiger partial charge in [-0.25, -0.2) is 0 Å². The maximum absolute atomic E-state index is 8.12. The molecule has 0 radical (unpaired) electrons. The lowest BCUT2D eigenvalue weighted by Crippen LogP contribution is -2.07.